The zero-order chi connectivity index (χ0) is 12.8. The lowest BCUT2D eigenvalue weighted by molar-refractivity contribution is 0.110. The van der Waals surface area contributed by atoms with Crippen LogP contribution in [0.25, 0.3) is 0 Å². The topological polar surface area (TPSA) is 21.3 Å². The fourth-order valence-electron chi connectivity index (χ4n) is 2.71. The van der Waals surface area contributed by atoms with Crippen molar-refractivity contribution in [1.82, 2.24) is 5.32 Å². The van der Waals surface area contributed by atoms with Crippen LogP contribution >= 0.6 is 0 Å². The van der Waals surface area contributed by atoms with Crippen molar-refractivity contribution in [3.05, 3.63) is 35.9 Å². The Kier molecular flexibility index (Phi) is 4.79. The molecule has 1 aliphatic carbocycles. The van der Waals surface area contributed by atoms with E-state index in [1.165, 1.54) is 24.8 Å². The highest BCUT2D eigenvalue weighted by Crippen LogP contribution is 2.51. The summed E-state index contributed by atoms with van der Waals surface area (Å²) in [5.74, 6) is 0. The van der Waals surface area contributed by atoms with E-state index in [-0.39, 0.29) is 0 Å². The lowest BCUT2D eigenvalue weighted by atomic mass is 9.88. The minimum atomic E-state index is 0.325. The van der Waals surface area contributed by atoms with Crippen molar-refractivity contribution in [1.29, 1.82) is 0 Å². The first-order valence-electron chi connectivity index (χ1n) is 7.20. The normalized spacial score (nSPS) is 18.6. The van der Waals surface area contributed by atoms with Gasteiger partial charge in [0, 0.05) is 18.1 Å². The van der Waals surface area contributed by atoms with E-state index in [1.807, 2.05) is 0 Å². The third-order valence-corrected chi connectivity index (χ3v) is 3.93. The van der Waals surface area contributed by atoms with Gasteiger partial charge in [-0.05, 0) is 38.3 Å². The van der Waals surface area contributed by atoms with Gasteiger partial charge in [0.1, 0.15) is 0 Å². The molecular formula is C16H25NO. The Morgan fingerprint density at radius 2 is 1.94 bits per heavy atom. The highest BCUT2D eigenvalue weighted by Gasteiger charge is 2.50. The first-order valence-corrected chi connectivity index (χ1v) is 7.20. The summed E-state index contributed by atoms with van der Waals surface area (Å²) in [6.07, 6.45) is 3.74. The molecule has 1 N–H and O–H groups in total. The molecular weight excluding hydrogens is 222 g/mol. The molecule has 1 fully saturated rings. The van der Waals surface area contributed by atoms with Gasteiger partial charge in [0.15, 0.2) is 0 Å². The summed E-state index contributed by atoms with van der Waals surface area (Å²) in [6.45, 7) is 6.98. The second kappa shape index (κ2) is 6.35. The predicted molar refractivity (Wildman–Crippen MR) is 75.9 cm³/mol. The third kappa shape index (κ3) is 2.93. The van der Waals surface area contributed by atoms with Crippen LogP contribution in [-0.2, 0) is 10.2 Å². The van der Waals surface area contributed by atoms with Gasteiger partial charge < -0.3 is 10.1 Å². The Hall–Kier alpha value is -0.860. The molecule has 1 atom stereocenters. The highest BCUT2D eigenvalue weighted by molar-refractivity contribution is 5.34. The molecule has 1 aliphatic rings. The zero-order valence-corrected chi connectivity index (χ0v) is 11.6. The number of hydrogen-bond donors (Lipinski definition) is 1. The number of rotatable bonds is 8. The second-order valence-corrected chi connectivity index (χ2v) is 5.19. The first kappa shape index (κ1) is 13.6. The van der Waals surface area contributed by atoms with E-state index < -0.39 is 0 Å². The average molecular weight is 247 g/mol. The number of benzene rings is 1. The fourth-order valence-corrected chi connectivity index (χ4v) is 2.71. The SMILES string of the molecule is CCCNC(COCC)C1(c2ccccc2)CC1. The molecule has 0 bridgehead atoms. The van der Waals surface area contributed by atoms with Crippen molar-refractivity contribution in [3.8, 4) is 0 Å². The van der Waals surface area contributed by atoms with Crippen LogP contribution in [0.3, 0.4) is 0 Å². The van der Waals surface area contributed by atoms with Gasteiger partial charge in [0.25, 0.3) is 0 Å². The van der Waals surface area contributed by atoms with Gasteiger partial charge in [-0.1, -0.05) is 37.3 Å². The largest absolute Gasteiger partial charge is 0.380 e. The molecule has 2 heteroatoms. The maximum absolute atomic E-state index is 5.68. The zero-order valence-electron chi connectivity index (χ0n) is 11.6. The molecule has 18 heavy (non-hydrogen) atoms. The smallest absolute Gasteiger partial charge is 0.0628 e. The molecule has 0 heterocycles. The third-order valence-electron chi connectivity index (χ3n) is 3.93. The summed E-state index contributed by atoms with van der Waals surface area (Å²) in [5, 5.41) is 3.68. The van der Waals surface area contributed by atoms with E-state index in [2.05, 4.69) is 49.5 Å². The van der Waals surface area contributed by atoms with Gasteiger partial charge in [0.05, 0.1) is 6.61 Å². The minimum Gasteiger partial charge on any atom is -0.380 e. The molecule has 100 valence electrons. The van der Waals surface area contributed by atoms with E-state index in [9.17, 15) is 0 Å². The maximum Gasteiger partial charge on any atom is 0.0628 e. The van der Waals surface area contributed by atoms with Crippen LogP contribution in [0.1, 0.15) is 38.7 Å². The molecule has 0 saturated heterocycles. The van der Waals surface area contributed by atoms with Crippen molar-refractivity contribution in [2.75, 3.05) is 19.8 Å². The van der Waals surface area contributed by atoms with Crippen LogP contribution in [-0.4, -0.2) is 25.8 Å². The van der Waals surface area contributed by atoms with E-state index >= 15 is 0 Å². The van der Waals surface area contributed by atoms with Crippen molar-refractivity contribution < 1.29 is 4.74 Å². The van der Waals surface area contributed by atoms with Crippen LogP contribution in [0.5, 0.6) is 0 Å². The summed E-state index contributed by atoms with van der Waals surface area (Å²) >= 11 is 0. The molecule has 0 radical (unpaired) electrons. The first-order chi connectivity index (χ1) is 8.83. The van der Waals surface area contributed by atoms with E-state index in [1.54, 1.807) is 0 Å². The van der Waals surface area contributed by atoms with Crippen LogP contribution in [0, 0.1) is 0 Å². The summed E-state index contributed by atoms with van der Waals surface area (Å²) in [5.41, 5.74) is 1.80. The molecule has 1 aromatic carbocycles. The molecule has 1 saturated carbocycles. The molecule has 0 aliphatic heterocycles. The van der Waals surface area contributed by atoms with Crippen LogP contribution in [0.15, 0.2) is 30.3 Å². The second-order valence-electron chi connectivity index (χ2n) is 5.19. The molecule has 2 rings (SSSR count). The Morgan fingerprint density at radius 1 is 1.22 bits per heavy atom. The Balaban J connectivity index is 2.08. The van der Waals surface area contributed by atoms with Gasteiger partial charge in [-0.3, -0.25) is 0 Å². The van der Waals surface area contributed by atoms with E-state index in [4.69, 9.17) is 4.74 Å². The molecule has 1 unspecified atom stereocenters. The number of ether oxygens (including phenoxy) is 1. The van der Waals surface area contributed by atoms with Crippen molar-refractivity contribution in [2.45, 2.75) is 44.6 Å². The quantitative estimate of drug-likeness (QED) is 0.762. The highest BCUT2D eigenvalue weighted by atomic mass is 16.5. The summed E-state index contributed by atoms with van der Waals surface area (Å²) in [6, 6.07) is 11.4. The molecule has 0 spiro atoms. The van der Waals surface area contributed by atoms with Crippen molar-refractivity contribution in [3.63, 3.8) is 0 Å². The van der Waals surface area contributed by atoms with Crippen LogP contribution in [0.2, 0.25) is 0 Å². The molecule has 2 nitrogen and oxygen atoms in total. The van der Waals surface area contributed by atoms with Gasteiger partial charge >= 0.3 is 0 Å². The van der Waals surface area contributed by atoms with Crippen LogP contribution in [0.4, 0.5) is 0 Å². The van der Waals surface area contributed by atoms with E-state index in [0.29, 0.717) is 11.5 Å². The monoisotopic (exact) mass is 247 g/mol. The lowest BCUT2D eigenvalue weighted by Crippen LogP contribution is -2.44. The fraction of sp³-hybridized carbons (Fsp3) is 0.625. The molecule has 1 aromatic rings. The Labute approximate surface area is 111 Å². The maximum atomic E-state index is 5.68. The minimum absolute atomic E-state index is 0.325. The van der Waals surface area contributed by atoms with Crippen LogP contribution < -0.4 is 5.32 Å². The summed E-state index contributed by atoms with van der Waals surface area (Å²) in [7, 11) is 0. The Morgan fingerprint density at radius 3 is 2.50 bits per heavy atom. The van der Waals surface area contributed by atoms with Crippen molar-refractivity contribution >= 4 is 0 Å². The predicted octanol–water partition coefficient (Wildman–Crippen LogP) is 3.12. The van der Waals surface area contributed by atoms with Gasteiger partial charge in [-0.15, -0.1) is 0 Å². The number of nitrogens with one attached hydrogen (secondary N) is 1. The average Bonchev–Trinajstić information content (AvgIpc) is 3.21. The van der Waals surface area contributed by atoms with Gasteiger partial charge in [-0.25, -0.2) is 0 Å². The van der Waals surface area contributed by atoms with Crippen molar-refractivity contribution in [2.24, 2.45) is 0 Å². The summed E-state index contributed by atoms with van der Waals surface area (Å²) in [4.78, 5) is 0. The number of hydrogen-bond acceptors (Lipinski definition) is 2. The Bertz CT molecular complexity index is 337. The van der Waals surface area contributed by atoms with Gasteiger partial charge in [0.2, 0.25) is 0 Å². The standard InChI is InChI=1S/C16H25NO/c1-3-12-17-15(13-18-4-2)16(10-11-16)14-8-6-5-7-9-14/h5-9,15,17H,3-4,10-13H2,1-2H3. The molecule has 0 amide bonds. The van der Waals surface area contributed by atoms with Gasteiger partial charge in [-0.2, -0.15) is 0 Å². The lowest BCUT2D eigenvalue weighted by Gasteiger charge is -2.28. The van der Waals surface area contributed by atoms with E-state index in [0.717, 1.165) is 19.8 Å². The molecule has 0 aromatic heterocycles. The summed E-state index contributed by atoms with van der Waals surface area (Å²) < 4.78 is 5.68.